The Morgan fingerprint density at radius 3 is 2.68 bits per heavy atom. The maximum absolute atomic E-state index is 12.2. The zero-order chi connectivity index (χ0) is 15.8. The molecule has 0 saturated heterocycles. The Balaban J connectivity index is 1.92. The van der Waals surface area contributed by atoms with E-state index in [2.05, 4.69) is 17.2 Å². The monoisotopic (exact) mass is 298 g/mol. The van der Waals surface area contributed by atoms with Gasteiger partial charge in [0.15, 0.2) is 0 Å². The van der Waals surface area contributed by atoms with E-state index >= 15 is 0 Å². The molecule has 4 heteroatoms. The summed E-state index contributed by atoms with van der Waals surface area (Å²) >= 11 is 0. The maximum atomic E-state index is 12.2. The van der Waals surface area contributed by atoms with Crippen LogP contribution in [0.15, 0.2) is 48.8 Å². The minimum Gasteiger partial charge on any atom is -0.494 e. The van der Waals surface area contributed by atoms with Gasteiger partial charge in [0.05, 0.1) is 12.6 Å². The van der Waals surface area contributed by atoms with E-state index < -0.39 is 0 Å². The fourth-order valence-corrected chi connectivity index (χ4v) is 2.03. The topological polar surface area (TPSA) is 51.2 Å². The number of hydrogen-bond acceptors (Lipinski definition) is 3. The standard InChI is InChI=1S/C18H22N2O2/c1-3-4-12-22-17-9-7-15(8-10-17)18(21)20-14(2)16-6-5-11-19-13-16/h5-11,13-14H,3-4,12H2,1-2H3,(H,20,21). The van der Waals surface area contributed by atoms with E-state index in [0.29, 0.717) is 12.2 Å². The zero-order valence-corrected chi connectivity index (χ0v) is 13.1. The Morgan fingerprint density at radius 1 is 1.27 bits per heavy atom. The van der Waals surface area contributed by atoms with Gasteiger partial charge in [0.1, 0.15) is 5.75 Å². The number of aromatic nitrogens is 1. The number of amides is 1. The minimum atomic E-state index is -0.100. The molecular weight excluding hydrogens is 276 g/mol. The van der Waals surface area contributed by atoms with Gasteiger partial charge in [-0.3, -0.25) is 9.78 Å². The Labute approximate surface area is 131 Å². The maximum Gasteiger partial charge on any atom is 0.251 e. The summed E-state index contributed by atoms with van der Waals surface area (Å²) in [5.41, 5.74) is 1.61. The van der Waals surface area contributed by atoms with Gasteiger partial charge < -0.3 is 10.1 Å². The van der Waals surface area contributed by atoms with E-state index in [1.807, 2.05) is 31.2 Å². The first-order valence-electron chi connectivity index (χ1n) is 7.64. The number of ether oxygens (including phenoxy) is 1. The lowest BCUT2D eigenvalue weighted by molar-refractivity contribution is 0.0940. The largest absolute Gasteiger partial charge is 0.494 e. The second-order valence-corrected chi connectivity index (χ2v) is 5.21. The van der Waals surface area contributed by atoms with Gasteiger partial charge in [-0.1, -0.05) is 19.4 Å². The molecular formula is C18H22N2O2. The lowest BCUT2D eigenvalue weighted by Crippen LogP contribution is -2.26. The number of rotatable bonds is 7. The highest BCUT2D eigenvalue weighted by atomic mass is 16.5. The summed E-state index contributed by atoms with van der Waals surface area (Å²) < 4.78 is 5.59. The van der Waals surface area contributed by atoms with Crippen LogP contribution in [0.4, 0.5) is 0 Å². The SMILES string of the molecule is CCCCOc1ccc(C(=O)NC(C)c2cccnc2)cc1. The molecule has 1 amide bonds. The van der Waals surface area contributed by atoms with Gasteiger partial charge in [-0.15, -0.1) is 0 Å². The Morgan fingerprint density at radius 2 is 2.05 bits per heavy atom. The number of carbonyl (C=O) groups excluding carboxylic acids is 1. The lowest BCUT2D eigenvalue weighted by atomic mass is 10.1. The molecule has 0 fully saturated rings. The molecule has 0 spiro atoms. The van der Waals surface area contributed by atoms with Crippen LogP contribution in [0.3, 0.4) is 0 Å². The summed E-state index contributed by atoms with van der Waals surface area (Å²) in [4.78, 5) is 16.3. The van der Waals surface area contributed by atoms with Gasteiger partial charge in [0, 0.05) is 18.0 Å². The van der Waals surface area contributed by atoms with Crippen molar-refractivity contribution in [1.29, 1.82) is 0 Å². The van der Waals surface area contributed by atoms with E-state index in [1.54, 1.807) is 24.5 Å². The molecule has 0 saturated carbocycles. The van der Waals surface area contributed by atoms with Crippen LogP contribution in [-0.4, -0.2) is 17.5 Å². The molecule has 22 heavy (non-hydrogen) atoms. The number of hydrogen-bond donors (Lipinski definition) is 1. The highest BCUT2D eigenvalue weighted by Gasteiger charge is 2.11. The average molecular weight is 298 g/mol. The van der Waals surface area contributed by atoms with Crippen LogP contribution in [0, 0.1) is 0 Å². The van der Waals surface area contributed by atoms with Crippen LogP contribution in [0.1, 0.15) is 48.7 Å². The quantitative estimate of drug-likeness (QED) is 0.792. The third-order valence-electron chi connectivity index (χ3n) is 3.42. The summed E-state index contributed by atoms with van der Waals surface area (Å²) in [5.74, 6) is 0.696. The van der Waals surface area contributed by atoms with Crippen LogP contribution in [0.5, 0.6) is 5.75 Å². The summed E-state index contributed by atoms with van der Waals surface area (Å²) in [6.45, 7) is 4.78. The second-order valence-electron chi connectivity index (χ2n) is 5.21. The summed E-state index contributed by atoms with van der Waals surface area (Å²) in [6, 6.07) is 11.0. The van der Waals surface area contributed by atoms with Crippen molar-refractivity contribution in [2.45, 2.75) is 32.7 Å². The molecule has 4 nitrogen and oxygen atoms in total. The second kappa shape index (κ2) is 8.17. The van der Waals surface area contributed by atoms with Crippen LogP contribution in [0.25, 0.3) is 0 Å². The van der Waals surface area contributed by atoms with Crippen molar-refractivity contribution in [3.05, 3.63) is 59.9 Å². The molecule has 2 aromatic rings. The third kappa shape index (κ3) is 4.58. The van der Waals surface area contributed by atoms with Gasteiger partial charge in [-0.25, -0.2) is 0 Å². The predicted molar refractivity (Wildman–Crippen MR) is 87.0 cm³/mol. The zero-order valence-electron chi connectivity index (χ0n) is 13.1. The number of pyridine rings is 1. The van der Waals surface area contributed by atoms with Crippen LogP contribution < -0.4 is 10.1 Å². The molecule has 0 aliphatic rings. The highest BCUT2D eigenvalue weighted by Crippen LogP contribution is 2.15. The number of benzene rings is 1. The third-order valence-corrected chi connectivity index (χ3v) is 3.42. The first-order valence-corrected chi connectivity index (χ1v) is 7.64. The molecule has 1 heterocycles. The molecule has 1 atom stereocenters. The van der Waals surface area contributed by atoms with Gasteiger partial charge in [0.2, 0.25) is 0 Å². The Kier molecular flexibility index (Phi) is 5.95. The molecule has 116 valence electrons. The van der Waals surface area contributed by atoms with Crippen molar-refractivity contribution in [3.8, 4) is 5.75 Å². The van der Waals surface area contributed by atoms with Crippen LogP contribution in [0.2, 0.25) is 0 Å². The molecule has 1 aromatic carbocycles. The Bertz CT molecular complexity index is 582. The van der Waals surface area contributed by atoms with E-state index in [1.165, 1.54) is 0 Å². The molecule has 0 radical (unpaired) electrons. The minimum absolute atomic E-state index is 0.0818. The summed E-state index contributed by atoms with van der Waals surface area (Å²) in [7, 11) is 0. The van der Waals surface area contributed by atoms with Crippen molar-refractivity contribution >= 4 is 5.91 Å². The van der Waals surface area contributed by atoms with E-state index in [0.717, 1.165) is 24.2 Å². The normalized spacial score (nSPS) is 11.7. The molecule has 1 unspecified atom stereocenters. The molecule has 0 aliphatic carbocycles. The molecule has 1 aromatic heterocycles. The fourth-order valence-electron chi connectivity index (χ4n) is 2.03. The van der Waals surface area contributed by atoms with Gasteiger partial charge in [-0.2, -0.15) is 0 Å². The highest BCUT2D eigenvalue weighted by molar-refractivity contribution is 5.94. The number of carbonyl (C=O) groups is 1. The average Bonchev–Trinajstić information content (AvgIpc) is 2.56. The number of unbranched alkanes of at least 4 members (excludes halogenated alkanes) is 1. The lowest BCUT2D eigenvalue weighted by Gasteiger charge is -2.14. The fraction of sp³-hybridized carbons (Fsp3) is 0.333. The summed E-state index contributed by atoms with van der Waals surface area (Å²) in [5, 5.41) is 2.96. The van der Waals surface area contributed by atoms with Gasteiger partial charge >= 0.3 is 0 Å². The molecule has 0 aliphatic heterocycles. The van der Waals surface area contributed by atoms with Crippen molar-refractivity contribution < 1.29 is 9.53 Å². The Hall–Kier alpha value is -2.36. The van der Waals surface area contributed by atoms with Gasteiger partial charge in [-0.05, 0) is 49.2 Å². The van der Waals surface area contributed by atoms with Crippen LogP contribution >= 0.6 is 0 Å². The van der Waals surface area contributed by atoms with Gasteiger partial charge in [0.25, 0.3) is 5.91 Å². The predicted octanol–water partition coefficient (Wildman–Crippen LogP) is 3.75. The number of nitrogens with one attached hydrogen (secondary N) is 1. The van der Waals surface area contributed by atoms with Crippen molar-refractivity contribution in [2.75, 3.05) is 6.61 Å². The van der Waals surface area contributed by atoms with E-state index in [9.17, 15) is 4.79 Å². The summed E-state index contributed by atoms with van der Waals surface area (Å²) in [6.07, 6.45) is 5.61. The molecule has 2 rings (SSSR count). The van der Waals surface area contributed by atoms with Crippen molar-refractivity contribution in [3.63, 3.8) is 0 Å². The smallest absolute Gasteiger partial charge is 0.251 e. The van der Waals surface area contributed by atoms with Crippen LogP contribution in [-0.2, 0) is 0 Å². The van der Waals surface area contributed by atoms with Crippen molar-refractivity contribution in [2.24, 2.45) is 0 Å². The molecule has 1 N–H and O–H groups in total. The first-order chi connectivity index (χ1) is 10.7. The van der Waals surface area contributed by atoms with E-state index in [-0.39, 0.29) is 11.9 Å². The van der Waals surface area contributed by atoms with Crippen molar-refractivity contribution in [1.82, 2.24) is 10.3 Å². The number of nitrogens with zero attached hydrogens (tertiary/aromatic N) is 1. The first kappa shape index (κ1) is 16.0. The molecule has 0 bridgehead atoms. The van der Waals surface area contributed by atoms with E-state index in [4.69, 9.17) is 4.74 Å².